The summed E-state index contributed by atoms with van der Waals surface area (Å²) in [6, 6.07) is 0. The molecule has 0 amide bonds. The molecule has 0 N–H and O–H groups in total. The lowest BCUT2D eigenvalue weighted by molar-refractivity contribution is -0.140. The first-order valence-electron chi connectivity index (χ1n) is 4.32. The van der Waals surface area contributed by atoms with E-state index in [1.54, 1.807) is 0 Å². The molecule has 0 aromatic rings. The van der Waals surface area contributed by atoms with Crippen LogP contribution in [0.1, 0.15) is 26.7 Å². The number of rotatable bonds is 6. The van der Waals surface area contributed by atoms with E-state index in [1.165, 1.54) is 0 Å². The lowest BCUT2D eigenvalue weighted by atomic mass is 10.1. The zero-order valence-corrected chi connectivity index (χ0v) is 9.59. The summed E-state index contributed by atoms with van der Waals surface area (Å²) in [7, 11) is 0. The van der Waals surface area contributed by atoms with Gasteiger partial charge in [-0.25, -0.2) is 0 Å². The Morgan fingerprint density at radius 3 is 2.46 bits per heavy atom. The molecule has 0 aromatic carbocycles. The summed E-state index contributed by atoms with van der Waals surface area (Å²) in [6.45, 7) is 4.07. The number of alkyl halides is 1. The summed E-state index contributed by atoms with van der Waals surface area (Å²) in [5, 5.41) is 0.213. The molecular weight excluding hydrogens is 236 g/mol. The van der Waals surface area contributed by atoms with Crippen LogP contribution in [0, 0.1) is 5.92 Å². The second-order valence-corrected chi connectivity index (χ2v) is 3.64. The molecule has 0 heterocycles. The van der Waals surface area contributed by atoms with E-state index in [9.17, 15) is 9.59 Å². The number of esters is 1. The first kappa shape index (κ1) is 12.6. The van der Waals surface area contributed by atoms with Crippen molar-refractivity contribution in [3.63, 3.8) is 0 Å². The van der Waals surface area contributed by atoms with Crippen LogP contribution in [0.25, 0.3) is 0 Å². The van der Waals surface area contributed by atoms with Crippen molar-refractivity contribution in [2.75, 3.05) is 11.9 Å². The van der Waals surface area contributed by atoms with E-state index in [0.717, 1.165) is 0 Å². The number of ketones is 1. The third-order valence-electron chi connectivity index (χ3n) is 1.58. The number of hydrogen-bond acceptors (Lipinski definition) is 3. The first-order chi connectivity index (χ1) is 6.07. The normalized spacial score (nSPS) is 10.2. The molecule has 0 fully saturated rings. The van der Waals surface area contributed by atoms with Gasteiger partial charge in [-0.05, 0) is 6.42 Å². The van der Waals surface area contributed by atoms with E-state index >= 15 is 0 Å². The number of carbonyl (C=O) groups excluding carboxylic acids is 2. The van der Waals surface area contributed by atoms with Gasteiger partial charge in [-0.3, -0.25) is 9.59 Å². The van der Waals surface area contributed by atoms with E-state index in [0.29, 0.717) is 19.4 Å². The van der Waals surface area contributed by atoms with Gasteiger partial charge >= 0.3 is 5.97 Å². The number of Topliss-reactive ketones (excluding diaryl/α,β-unsaturated/α-hetero) is 1. The van der Waals surface area contributed by atoms with Crippen LogP contribution in [0.3, 0.4) is 0 Å². The Hall–Kier alpha value is -0.380. The summed E-state index contributed by atoms with van der Waals surface area (Å²) >= 11 is 2.98. The minimum atomic E-state index is -0.281. The van der Waals surface area contributed by atoms with E-state index in [2.05, 4.69) is 15.9 Å². The maximum absolute atomic E-state index is 11.1. The van der Waals surface area contributed by atoms with Gasteiger partial charge in [0.25, 0.3) is 0 Å². The van der Waals surface area contributed by atoms with E-state index < -0.39 is 0 Å². The molecule has 0 saturated heterocycles. The van der Waals surface area contributed by atoms with Crippen LogP contribution in [-0.2, 0) is 14.3 Å². The van der Waals surface area contributed by atoms with Crippen molar-refractivity contribution < 1.29 is 14.3 Å². The van der Waals surface area contributed by atoms with Crippen LogP contribution in [0.5, 0.6) is 0 Å². The lowest BCUT2D eigenvalue weighted by Gasteiger charge is -2.04. The number of carbonyl (C=O) groups is 2. The average molecular weight is 251 g/mol. The highest BCUT2D eigenvalue weighted by Crippen LogP contribution is 2.02. The van der Waals surface area contributed by atoms with Gasteiger partial charge in [0.15, 0.2) is 0 Å². The van der Waals surface area contributed by atoms with Gasteiger partial charge in [-0.2, -0.15) is 0 Å². The molecule has 0 unspecified atom stereocenters. The lowest BCUT2D eigenvalue weighted by Crippen LogP contribution is -2.10. The first-order valence-corrected chi connectivity index (χ1v) is 5.44. The minimum Gasteiger partial charge on any atom is -0.465 e. The van der Waals surface area contributed by atoms with Crippen molar-refractivity contribution >= 4 is 27.7 Å². The second-order valence-electron chi connectivity index (χ2n) is 3.08. The smallest absolute Gasteiger partial charge is 0.316 e. The van der Waals surface area contributed by atoms with Crippen molar-refractivity contribution in [1.29, 1.82) is 0 Å². The van der Waals surface area contributed by atoms with E-state index in [4.69, 9.17) is 4.74 Å². The van der Waals surface area contributed by atoms with Gasteiger partial charge in [-0.1, -0.05) is 29.8 Å². The molecule has 0 aliphatic rings. The van der Waals surface area contributed by atoms with Crippen LogP contribution in [0.4, 0.5) is 0 Å². The molecule has 0 bridgehead atoms. The van der Waals surface area contributed by atoms with Crippen LogP contribution in [0.2, 0.25) is 0 Å². The Kier molecular flexibility index (Phi) is 6.86. The third kappa shape index (κ3) is 6.75. The van der Waals surface area contributed by atoms with E-state index in [1.807, 2.05) is 13.8 Å². The maximum Gasteiger partial charge on any atom is 0.316 e. The summed E-state index contributed by atoms with van der Waals surface area (Å²) in [4.78, 5) is 21.7. The number of ether oxygens (including phenoxy) is 1. The van der Waals surface area contributed by atoms with Crippen molar-refractivity contribution in [2.45, 2.75) is 26.7 Å². The fraction of sp³-hybridized carbons (Fsp3) is 0.778. The minimum absolute atomic E-state index is 0.0758. The van der Waals surface area contributed by atoms with Gasteiger partial charge in [0, 0.05) is 12.3 Å². The molecule has 13 heavy (non-hydrogen) atoms. The highest BCUT2D eigenvalue weighted by atomic mass is 79.9. The summed E-state index contributed by atoms with van der Waals surface area (Å²) < 4.78 is 4.78. The molecular formula is C9H15BrO3. The molecule has 0 rings (SSSR count). The molecule has 0 aromatic heterocycles. The van der Waals surface area contributed by atoms with Crippen LogP contribution in [0.15, 0.2) is 0 Å². The Balaban J connectivity index is 3.36. The Morgan fingerprint density at radius 1 is 1.38 bits per heavy atom. The quantitative estimate of drug-likeness (QED) is 0.411. The zero-order valence-electron chi connectivity index (χ0n) is 8.01. The molecule has 0 spiro atoms. The predicted molar refractivity (Wildman–Crippen MR) is 53.8 cm³/mol. The number of halogens is 1. The monoisotopic (exact) mass is 250 g/mol. The van der Waals surface area contributed by atoms with Gasteiger partial charge in [0.1, 0.15) is 11.1 Å². The Bertz CT molecular complexity index is 178. The van der Waals surface area contributed by atoms with Crippen LogP contribution in [-0.4, -0.2) is 23.7 Å². The van der Waals surface area contributed by atoms with Crippen LogP contribution >= 0.6 is 15.9 Å². The predicted octanol–water partition coefficient (Wildman–Crippen LogP) is 1.93. The van der Waals surface area contributed by atoms with Gasteiger partial charge in [0.05, 0.1) is 6.61 Å². The van der Waals surface area contributed by atoms with Crippen LogP contribution < -0.4 is 0 Å². The van der Waals surface area contributed by atoms with E-state index in [-0.39, 0.29) is 23.0 Å². The maximum atomic E-state index is 11.1. The molecule has 0 radical (unpaired) electrons. The Labute approximate surface area is 87.0 Å². The zero-order chi connectivity index (χ0) is 10.3. The molecule has 0 aliphatic carbocycles. The highest BCUT2D eigenvalue weighted by molar-refractivity contribution is 9.09. The average Bonchev–Trinajstić information content (AvgIpc) is 2.11. The highest BCUT2D eigenvalue weighted by Gasteiger charge is 2.06. The molecule has 4 heteroatoms. The van der Waals surface area contributed by atoms with Crippen molar-refractivity contribution in [1.82, 2.24) is 0 Å². The van der Waals surface area contributed by atoms with Crippen molar-refractivity contribution in [3.8, 4) is 0 Å². The van der Waals surface area contributed by atoms with Gasteiger partial charge in [-0.15, -0.1) is 0 Å². The fourth-order valence-corrected chi connectivity index (χ4v) is 0.922. The fourth-order valence-electron chi connectivity index (χ4n) is 0.760. The summed E-state index contributed by atoms with van der Waals surface area (Å²) in [5.74, 6) is 0.0127. The van der Waals surface area contributed by atoms with Crippen molar-refractivity contribution in [2.24, 2.45) is 5.92 Å². The third-order valence-corrected chi connectivity index (χ3v) is 2.04. The molecule has 0 aliphatic heterocycles. The molecule has 0 saturated carbocycles. The molecule has 76 valence electrons. The topological polar surface area (TPSA) is 43.4 Å². The van der Waals surface area contributed by atoms with Crippen molar-refractivity contribution in [3.05, 3.63) is 0 Å². The number of hydrogen-bond donors (Lipinski definition) is 0. The largest absolute Gasteiger partial charge is 0.465 e. The standard InChI is InChI=1S/C9H15BrO3/c1-7(2)8(11)4-3-5-13-9(12)6-10/h7H,3-6H2,1-2H3. The van der Waals surface area contributed by atoms with Gasteiger partial charge < -0.3 is 4.74 Å². The summed E-state index contributed by atoms with van der Waals surface area (Å²) in [6.07, 6.45) is 1.11. The molecule has 0 atom stereocenters. The second kappa shape index (κ2) is 7.06. The molecule has 3 nitrogen and oxygen atoms in total. The summed E-state index contributed by atoms with van der Waals surface area (Å²) in [5.41, 5.74) is 0. The Morgan fingerprint density at radius 2 is 2.00 bits per heavy atom. The van der Waals surface area contributed by atoms with Gasteiger partial charge in [0.2, 0.25) is 0 Å². The SMILES string of the molecule is CC(C)C(=O)CCCOC(=O)CBr.